The molecule has 0 saturated carbocycles. The number of hydrogen-bond donors (Lipinski definition) is 0. The van der Waals surface area contributed by atoms with Crippen LogP contribution < -0.4 is 0 Å². The van der Waals surface area contributed by atoms with E-state index in [0.29, 0.717) is 6.61 Å². The summed E-state index contributed by atoms with van der Waals surface area (Å²) in [6.45, 7) is 5.50. The van der Waals surface area contributed by atoms with Crippen LogP contribution in [0.1, 0.15) is 20.8 Å². The van der Waals surface area contributed by atoms with E-state index in [1.54, 1.807) is 32.9 Å². The zero-order chi connectivity index (χ0) is 19.1. The van der Waals surface area contributed by atoms with Gasteiger partial charge < -0.3 is 14.2 Å². The molecule has 6 nitrogen and oxygen atoms in total. The molecule has 0 heterocycles. The van der Waals surface area contributed by atoms with E-state index in [1.165, 1.54) is 19.2 Å². The summed E-state index contributed by atoms with van der Waals surface area (Å²) in [6, 6.07) is 6.13. The normalized spacial score (nSPS) is 12.9. The largest absolute Gasteiger partial charge is 0.457 e. The first-order valence-electron chi connectivity index (χ1n) is 7.56. The van der Waals surface area contributed by atoms with Crippen molar-refractivity contribution in [1.82, 2.24) is 0 Å². The molecular formula is C17H23BrO6S. The molecule has 0 spiro atoms. The van der Waals surface area contributed by atoms with Crippen LogP contribution in [0.2, 0.25) is 0 Å². The maximum Gasteiger partial charge on any atom is 0.337 e. The number of hydrogen-bond acceptors (Lipinski definition) is 6. The van der Waals surface area contributed by atoms with E-state index in [4.69, 9.17) is 14.2 Å². The number of carbonyl (C=O) groups excluding carboxylic acids is 1. The second-order valence-electron chi connectivity index (χ2n) is 6.19. The molecule has 0 aliphatic rings. The van der Waals surface area contributed by atoms with Crippen molar-refractivity contribution in [2.75, 3.05) is 26.9 Å². The Morgan fingerprint density at radius 3 is 2.28 bits per heavy atom. The number of sulfone groups is 1. The summed E-state index contributed by atoms with van der Waals surface area (Å²) in [5.41, 5.74) is -0.821. The van der Waals surface area contributed by atoms with E-state index in [9.17, 15) is 13.2 Å². The molecule has 140 valence electrons. The molecule has 1 aromatic rings. The molecule has 0 saturated heterocycles. The third-order valence-electron chi connectivity index (χ3n) is 2.79. The lowest BCUT2D eigenvalue weighted by molar-refractivity contribution is -0.150. The molecule has 1 rings (SSSR count). The highest BCUT2D eigenvalue weighted by Gasteiger charge is 2.23. The summed E-state index contributed by atoms with van der Waals surface area (Å²) in [4.78, 5) is 12.4. The van der Waals surface area contributed by atoms with Crippen LogP contribution in [0.4, 0.5) is 0 Å². The zero-order valence-corrected chi connectivity index (χ0v) is 17.1. The van der Waals surface area contributed by atoms with Gasteiger partial charge >= 0.3 is 5.97 Å². The van der Waals surface area contributed by atoms with Crippen LogP contribution in [0.15, 0.2) is 44.6 Å². The third-order valence-corrected chi connectivity index (χ3v) is 4.84. The Kier molecular flexibility index (Phi) is 8.27. The average molecular weight is 435 g/mol. The van der Waals surface area contributed by atoms with Crippen molar-refractivity contribution in [3.8, 4) is 0 Å². The van der Waals surface area contributed by atoms with E-state index < -0.39 is 21.4 Å². The number of esters is 1. The average Bonchev–Trinajstić information content (AvgIpc) is 2.49. The fourth-order valence-corrected chi connectivity index (χ4v) is 3.14. The lowest BCUT2D eigenvalue weighted by Gasteiger charge is -2.20. The molecule has 0 radical (unpaired) electrons. The van der Waals surface area contributed by atoms with Crippen LogP contribution in [0.3, 0.4) is 0 Å². The molecule has 0 bridgehead atoms. The van der Waals surface area contributed by atoms with Gasteiger partial charge in [-0.05, 0) is 45.0 Å². The molecule has 0 unspecified atom stereocenters. The van der Waals surface area contributed by atoms with Gasteiger partial charge in [-0.3, -0.25) is 0 Å². The zero-order valence-electron chi connectivity index (χ0n) is 14.7. The predicted molar refractivity (Wildman–Crippen MR) is 98.0 cm³/mol. The van der Waals surface area contributed by atoms with Gasteiger partial charge in [0.05, 0.1) is 30.3 Å². The van der Waals surface area contributed by atoms with Crippen LogP contribution in [-0.2, 0) is 28.8 Å². The van der Waals surface area contributed by atoms with Gasteiger partial charge in [0.2, 0.25) is 0 Å². The fraction of sp³-hybridized carbons (Fsp3) is 0.471. The minimum absolute atomic E-state index is 0.0750. The molecule has 0 aliphatic heterocycles. The first-order chi connectivity index (χ1) is 11.5. The van der Waals surface area contributed by atoms with Gasteiger partial charge in [-0.1, -0.05) is 15.9 Å². The smallest absolute Gasteiger partial charge is 0.337 e. The number of ether oxygens (including phenoxy) is 3. The van der Waals surface area contributed by atoms with Crippen molar-refractivity contribution < 1.29 is 27.4 Å². The van der Waals surface area contributed by atoms with Crippen molar-refractivity contribution in [1.29, 1.82) is 0 Å². The van der Waals surface area contributed by atoms with Gasteiger partial charge in [0.15, 0.2) is 9.84 Å². The lowest BCUT2D eigenvalue weighted by atomic mass is 10.2. The highest BCUT2D eigenvalue weighted by atomic mass is 79.9. The monoisotopic (exact) mass is 434 g/mol. The summed E-state index contributed by atoms with van der Waals surface area (Å²) in [5.74, 6) is -0.731. The topological polar surface area (TPSA) is 78.9 Å². The molecule has 0 N–H and O–H groups in total. The summed E-state index contributed by atoms with van der Waals surface area (Å²) >= 11 is 3.25. The molecular weight excluding hydrogens is 412 g/mol. The molecule has 0 aliphatic carbocycles. The van der Waals surface area contributed by atoms with Gasteiger partial charge in [-0.2, -0.15) is 0 Å². The van der Waals surface area contributed by atoms with Gasteiger partial charge in [-0.15, -0.1) is 0 Å². The summed E-state index contributed by atoms with van der Waals surface area (Å²) in [6.07, 6.45) is 0. The molecule has 25 heavy (non-hydrogen) atoms. The van der Waals surface area contributed by atoms with Gasteiger partial charge in [0, 0.05) is 17.0 Å². The number of methoxy groups -OCH3 is 1. The van der Waals surface area contributed by atoms with Crippen LogP contribution >= 0.6 is 15.9 Å². The second kappa shape index (κ2) is 9.47. The van der Waals surface area contributed by atoms with Crippen molar-refractivity contribution in [3.63, 3.8) is 0 Å². The SMILES string of the molecule is COCCOCC(=CS(=O)(=O)c1ccc(Br)cc1)C(=O)OC(C)(C)C. The Labute approximate surface area is 157 Å². The van der Waals surface area contributed by atoms with Crippen molar-refractivity contribution in [3.05, 3.63) is 39.7 Å². The maximum atomic E-state index is 12.5. The number of rotatable bonds is 8. The maximum absolute atomic E-state index is 12.5. The molecule has 0 atom stereocenters. The Morgan fingerprint density at radius 2 is 1.76 bits per heavy atom. The van der Waals surface area contributed by atoms with E-state index >= 15 is 0 Å². The minimum Gasteiger partial charge on any atom is -0.457 e. The Bertz CT molecular complexity index is 702. The van der Waals surface area contributed by atoms with Gasteiger partial charge in [-0.25, -0.2) is 13.2 Å². The quantitative estimate of drug-likeness (QED) is 0.355. The van der Waals surface area contributed by atoms with E-state index in [0.717, 1.165) is 9.88 Å². The highest BCUT2D eigenvalue weighted by Crippen LogP contribution is 2.19. The first-order valence-corrected chi connectivity index (χ1v) is 9.90. The molecule has 1 aromatic carbocycles. The first kappa shape index (κ1) is 21.8. The van der Waals surface area contributed by atoms with Gasteiger partial charge in [0.25, 0.3) is 0 Å². The van der Waals surface area contributed by atoms with Gasteiger partial charge in [0.1, 0.15) is 5.60 Å². The Hall–Kier alpha value is -1.22. The van der Waals surface area contributed by atoms with Crippen LogP contribution in [0, 0.1) is 0 Å². The van der Waals surface area contributed by atoms with Crippen LogP contribution in [0.5, 0.6) is 0 Å². The standard InChI is InChI=1S/C17H23BrO6S/c1-17(2,3)24-16(19)13(11-23-10-9-22-4)12-25(20,21)15-7-5-14(18)6-8-15/h5-8,12H,9-11H2,1-4H3. The predicted octanol–water partition coefficient (Wildman–Crippen LogP) is 3.11. The lowest BCUT2D eigenvalue weighted by Crippen LogP contribution is -2.26. The molecule has 0 fully saturated rings. The van der Waals surface area contributed by atoms with E-state index in [1.807, 2.05) is 0 Å². The highest BCUT2D eigenvalue weighted by molar-refractivity contribution is 9.10. The molecule has 8 heteroatoms. The Morgan fingerprint density at radius 1 is 1.16 bits per heavy atom. The number of halogens is 1. The Balaban J connectivity index is 3.08. The van der Waals surface area contributed by atoms with E-state index in [-0.39, 0.29) is 23.7 Å². The summed E-state index contributed by atoms with van der Waals surface area (Å²) in [5, 5.41) is 0.900. The summed E-state index contributed by atoms with van der Waals surface area (Å²) < 4.78 is 41.3. The second-order valence-corrected chi connectivity index (χ2v) is 8.90. The third kappa shape index (κ3) is 8.13. The van der Waals surface area contributed by atoms with Crippen molar-refractivity contribution in [2.45, 2.75) is 31.3 Å². The number of carbonyl (C=O) groups is 1. The van der Waals surface area contributed by atoms with Crippen LogP contribution in [0.25, 0.3) is 0 Å². The minimum atomic E-state index is -3.81. The molecule has 0 aromatic heterocycles. The number of benzene rings is 1. The van der Waals surface area contributed by atoms with Crippen LogP contribution in [-0.4, -0.2) is 46.9 Å². The fourth-order valence-electron chi connectivity index (χ4n) is 1.69. The molecule has 0 amide bonds. The van der Waals surface area contributed by atoms with Crippen molar-refractivity contribution in [2.24, 2.45) is 0 Å². The van der Waals surface area contributed by atoms with E-state index in [2.05, 4.69) is 15.9 Å². The summed E-state index contributed by atoms with van der Waals surface area (Å²) in [7, 11) is -2.29. The van der Waals surface area contributed by atoms with Crippen molar-refractivity contribution >= 4 is 31.7 Å².